The number of aromatic nitrogens is 2. The molecular weight excluding hydrogens is 352 g/mol. The quantitative estimate of drug-likeness (QED) is 0.594. The van der Waals surface area contributed by atoms with E-state index in [1.54, 1.807) is 25.4 Å². The van der Waals surface area contributed by atoms with Gasteiger partial charge in [-0.05, 0) is 62.7 Å². The van der Waals surface area contributed by atoms with Crippen molar-refractivity contribution in [1.29, 1.82) is 0 Å². The maximum atomic E-state index is 11.8. The summed E-state index contributed by atoms with van der Waals surface area (Å²) in [6, 6.07) is 17.3. The van der Waals surface area contributed by atoms with Crippen LogP contribution >= 0.6 is 0 Å². The molecule has 1 N–H and O–H groups in total. The lowest BCUT2D eigenvalue weighted by molar-refractivity contribution is 0.0526. The summed E-state index contributed by atoms with van der Waals surface area (Å²) in [5, 5.41) is 3.25. The van der Waals surface area contributed by atoms with Crippen molar-refractivity contribution < 1.29 is 9.53 Å². The first-order valence-corrected chi connectivity index (χ1v) is 9.31. The van der Waals surface area contributed by atoms with Crippen molar-refractivity contribution in [2.45, 2.75) is 20.8 Å². The Hall–Kier alpha value is -3.41. The Morgan fingerprint density at radius 1 is 1.07 bits per heavy atom. The Morgan fingerprint density at radius 2 is 1.86 bits per heavy atom. The summed E-state index contributed by atoms with van der Waals surface area (Å²) < 4.78 is 5.01. The fourth-order valence-corrected chi connectivity index (χ4v) is 2.89. The summed E-state index contributed by atoms with van der Waals surface area (Å²) in [4.78, 5) is 22.6. The lowest BCUT2D eigenvalue weighted by Gasteiger charge is -2.22. The Balaban J connectivity index is 1.78. The molecule has 1 heterocycles. The number of nitrogens with one attached hydrogen (secondary N) is 1. The minimum absolute atomic E-state index is 0.324. The SMILES string of the molecule is CCOC(=O)c1ccc(Nc2cc(N(CC)c3cccc(C)c3)ncn2)cc1. The van der Waals surface area contributed by atoms with Gasteiger partial charge in [-0.2, -0.15) is 0 Å². The molecule has 0 saturated carbocycles. The highest BCUT2D eigenvalue weighted by atomic mass is 16.5. The van der Waals surface area contributed by atoms with Crippen LogP contribution in [0.15, 0.2) is 60.9 Å². The van der Waals surface area contributed by atoms with E-state index in [0.29, 0.717) is 18.0 Å². The van der Waals surface area contributed by atoms with E-state index in [1.807, 2.05) is 24.3 Å². The molecule has 2 aromatic carbocycles. The first-order chi connectivity index (χ1) is 13.6. The van der Waals surface area contributed by atoms with Crippen LogP contribution in [0.2, 0.25) is 0 Å². The second kappa shape index (κ2) is 8.99. The average Bonchev–Trinajstić information content (AvgIpc) is 2.70. The third kappa shape index (κ3) is 4.65. The van der Waals surface area contributed by atoms with Gasteiger partial charge in [0.05, 0.1) is 12.2 Å². The van der Waals surface area contributed by atoms with Gasteiger partial charge in [0.1, 0.15) is 18.0 Å². The van der Waals surface area contributed by atoms with E-state index in [0.717, 1.165) is 23.7 Å². The molecule has 0 amide bonds. The molecule has 0 spiro atoms. The normalized spacial score (nSPS) is 10.4. The van der Waals surface area contributed by atoms with Crippen LogP contribution in [-0.2, 0) is 4.74 Å². The lowest BCUT2D eigenvalue weighted by Crippen LogP contribution is -2.17. The van der Waals surface area contributed by atoms with Gasteiger partial charge in [0.25, 0.3) is 0 Å². The molecule has 144 valence electrons. The van der Waals surface area contributed by atoms with E-state index in [4.69, 9.17) is 4.74 Å². The second-order valence-corrected chi connectivity index (χ2v) is 6.27. The fraction of sp³-hybridized carbons (Fsp3) is 0.227. The van der Waals surface area contributed by atoms with Crippen molar-refractivity contribution in [1.82, 2.24) is 9.97 Å². The summed E-state index contributed by atoms with van der Waals surface area (Å²) in [6.07, 6.45) is 1.54. The van der Waals surface area contributed by atoms with E-state index >= 15 is 0 Å². The van der Waals surface area contributed by atoms with Crippen molar-refractivity contribution in [2.75, 3.05) is 23.4 Å². The molecule has 0 fully saturated rings. The molecule has 28 heavy (non-hydrogen) atoms. The Kier molecular flexibility index (Phi) is 6.22. The van der Waals surface area contributed by atoms with Gasteiger partial charge in [0, 0.05) is 24.0 Å². The third-order valence-corrected chi connectivity index (χ3v) is 4.23. The van der Waals surface area contributed by atoms with Crippen molar-refractivity contribution in [3.8, 4) is 0 Å². The third-order valence-electron chi connectivity index (χ3n) is 4.23. The average molecular weight is 376 g/mol. The van der Waals surface area contributed by atoms with Crippen molar-refractivity contribution in [2.24, 2.45) is 0 Å². The zero-order valence-corrected chi connectivity index (χ0v) is 16.3. The Morgan fingerprint density at radius 3 is 2.54 bits per heavy atom. The van der Waals surface area contributed by atoms with Crippen LogP contribution in [0.5, 0.6) is 0 Å². The van der Waals surface area contributed by atoms with Crippen LogP contribution in [0.3, 0.4) is 0 Å². The highest BCUT2D eigenvalue weighted by Gasteiger charge is 2.11. The molecule has 0 aliphatic heterocycles. The van der Waals surface area contributed by atoms with Gasteiger partial charge in [-0.25, -0.2) is 14.8 Å². The summed E-state index contributed by atoms with van der Waals surface area (Å²) in [7, 11) is 0. The number of hydrogen-bond acceptors (Lipinski definition) is 6. The predicted molar refractivity (Wildman–Crippen MR) is 112 cm³/mol. The molecule has 0 atom stereocenters. The van der Waals surface area contributed by atoms with E-state index in [9.17, 15) is 4.79 Å². The van der Waals surface area contributed by atoms with Gasteiger partial charge >= 0.3 is 5.97 Å². The van der Waals surface area contributed by atoms with E-state index in [2.05, 4.69) is 52.2 Å². The standard InChI is InChI=1S/C22H24N4O2/c1-4-26(19-8-6-7-16(3)13-19)21-14-20(23-15-24-21)25-18-11-9-17(10-12-18)22(27)28-5-2/h6-15H,4-5H2,1-3H3,(H,23,24,25). The number of nitrogens with zero attached hydrogens (tertiary/aromatic N) is 3. The van der Waals surface area contributed by atoms with Gasteiger partial charge in [-0.15, -0.1) is 0 Å². The molecule has 0 radical (unpaired) electrons. The van der Waals surface area contributed by atoms with E-state index in [-0.39, 0.29) is 5.97 Å². The minimum Gasteiger partial charge on any atom is -0.462 e. The van der Waals surface area contributed by atoms with Crippen molar-refractivity contribution >= 4 is 29.0 Å². The number of benzene rings is 2. The zero-order valence-electron chi connectivity index (χ0n) is 16.3. The van der Waals surface area contributed by atoms with Gasteiger partial charge in [-0.1, -0.05) is 12.1 Å². The van der Waals surface area contributed by atoms with Crippen LogP contribution in [0.4, 0.5) is 23.0 Å². The summed E-state index contributed by atoms with van der Waals surface area (Å²) in [6.45, 7) is 7.10. The topological polar surface area (TPSA) is 67.3 Å². The number of aryl methyl sites for hydroxylation is 1. The van der Waals surface area contributed by atoms with Gasteiger partial charge in [-0.3, -0.25) is 0 Å². The van der Waals surface area contributed by atoms with Crippen LogP contribution in [0.1, 0.15) is 29.8 Å². The molecule has 1 aromatic heterocycles. The molecule has 0 aliphatic carbocycles. The number of anilines is 4. The highest BCUT2D eigenvalue weighted by molar-refractivity contribution is 5.89. The summed E-state index contributed by atoms with van der Waals surface area (Å²) in [5.41, 5.74) is 3.64. The summed E-state index contributed by atoms with van der Waals surface area (Å²) in [5.74, 6) is 1.17. The maximum absolute atomic E-state index is 11.8. The maximum Gasteiger partial charge on any atom is 0.338 e. The Bertz CT molecular complexity index is 941. The van der Waals surface area contributed by atoms with Crippen molar-refractivity contribution in [3.05, 3.63) is 72.1 Å². The molecule has 0 aliphatic rings. The number of ether oxygens (including phenoxy) is 1. The van der Waals surface area contributed by atoms with Gasteiger partial charge in [0.15, 0.2) is 0 Å². The monoisotopic (exact) mass is 376 g/mol. The molecule has 0 saturated heterocycles. The van der Waals surface area contributed by atoms with Gasteiger partial charge < -0.3 is 15.0 Å². The molecule has 0 unspecified atom stereocenters. The van der Waals surface area contributed by atoms with Crippen LogP contribution in [0.25, 0.3) is 0 Å². The first kappa shape index (κ1) is 19.4. The largest absolute Gasteiger partial charge is 0.462 e. The molecule has 6 heteroatoms. The number of carbonyl (C=O) groups is 1. The zero-order chi connectivity index (χ0) is 19.9. The number of carbonyl (C=O) groups excluding carboxylic acids is 1. The second-order valence-electron chi connectivity index (χ2n) is 6.27. The number of rotatable bonds is 7. The smallest absolute Gasteiger partial charge is 0.338 e. The van der Waals surface area contributed by atoms with Crippen LogP contribution < -0.4 is 10.2 Å². The highest BCUT2D eigenvalue weighted by Crippen LogP contribution is 2.26. The molecule has 3 aromatic rings. The lowest BCUT2D eigenvalue weighted by atomic mass is 10.2. The number of hydrogen-bond donors (Lipinski definition) is 1. The summed E-state index contributed by atoms with van der Waals surface area (Å²) >= 11 is 0. The number of esters is 1. The van der Waals surface area contributed by atoms with Crippen LogP contribution in [-0.4, -0.2) is 29.1 Å². The van der Waals surface area contributed by atoms with Gasteiger partial charge in [0.2, 0.25) is 0 Å². The molecule has 6 nitrogen and oxygen atoms in total. The molecule has 3 rings (SSSR count). The predicted octanol–water partition coefficient (Wildman–Crippen LogP) is 4.86. The first-order valence-electron chi connectivity index (χ1n) is 9.31. The van der Waals surface area contributed by atoms with E-state index in [1.165, 1.54) is 5.56 Å². The molecule has 0 bridgehead atoms. The Labute approximate surface area is 165 Å². The minimum atomic E-state index is -0.324. The van der Waals surface area contributed by atoms with Crippen molar-refractivity contribution in [3.63, 3.8) is 0 Å². The fourth-order valence-electron chi connectivity index (χ4n) is 2.89. The van der Waals surface area contributed by atoms with Crippen LogP contribution in [0, 0.1) is 6.92 Å². The van der Waals surface area contributed by atoms with E-state index < -0.39 is 0 Å². The molecular formula is C22H24N4O2.